The lowest BCUT2D eigenvalue weighted by atomic mass is 10.2. The van der Waals surface area contributed by atoms with Crippen molar-refractivity contribution in [3.05, 3.63) is 53.6 Å². The van der Waals surface area contributed by atoms with E-state index in [1.807, 2.05) is 41.3 Å². The number of nitrogens with zero attached hydrogens (tertiary/aromatic N) is 3. The first-order valence-corrected chi connectivity index (χ1v) is 9.76. The van der Waals surface area contributed by atoms with Gasteiger partial charge in [-0.3, -0.25) is 19.6 Å². The predicted molar refractivity (Wildman–Crippen MR) is 106 cm³/mol. The number of esters is 1. The average Bonchev–Trinajstić information content (AvgIpc) is 3.28. The molecule has 8 heteroatoms. The summed E-state index contributed by atoms with van der Waals surface area (Å²) < 4.78 is 10.7. The molecule has 3 aromatic rings. The molecule has 0 saturated carbocycles. The predicted octanol–water partition coefficient (Wildman–Crippen LogP) is 2.57. The van der Waals surface area contributed by atoms with E-state index < -0.39 is 0 Å². The van der Waals surface area contributed by atoms with Crippen LogP contribution >= 0.6 is 0 Å². The number of amides is 1. The minimum absolute atomic E-state index is 0.0361. The highest BCUT2D eigenvalue weighted by Crippen LogP contribution is 2.19. The highest BCUT2D eigenvalue weighted by Gasteiger charge is 2.24. The molecular formula is C21H24N4O4. The number of aromatic nitrogens is 2. The Balaban J connectivity index is 1.36. The molecule has 152 valence electrons. The fourth-order valence-corrected chi connectivity index (χ4v) is 3.59. The number of hydrogen-bond acceptors (Lipinski definition) is 6. The summed E-state index contributed by atoms with van der Waals surface area (Å²) in [5.41, 5.74) is 1.35. The first-order valence-electron chi connectivity index (χ1n) is 9.76. The molecule has 29 heavy (non-hydrogen) atoms. The Morgan fingerprint density at radius 1 is 1.10 bits per heavy atom. The quantitative estimate of drug-likeness (QED) is 0.667. The Kier molecular flexibility index (Phi) is 5.62. The van der Waals surface area contributed by atoms with Gasteiger partial charge in [0, 0.05) is 38.5 Å². The molecule has 1 aromatic carbocycles. The van der Waals surface area contributed by atoms with Crippen molar-refractivity contribution >= 4 is 22.8 Å². The Labute approximate surface area is 168 Å². The summed E-state index contributed by atoms with van der Waals surface area (Å²) in [6.07, 6.45) is 0.884. The normalized spacial score (nSPS) is 15.4. The number of para-hydroxylation sites is 1. The monoisotopic (exact) mass is 396 g/mol. The van der Waals surface area contributed by atoms with Gasteiger partial charge in [0.1, 0.15) is 18.1 Å². The van der Waals surface area contributed by atoms with E-state index in [0.29, 0.717) is 31.1 Å². The number of nitrogens with one attached hydrogen (secondary N) is 1. The van der Waals surface area contributed by atoms with E-state index in [1.54, 1.807) is 0 Å². The third kappa shape index (κ3) is 4.48. The lowest BCUT2D eigenvalue weighted by Crippen LogP contribution is -2.35. The summed E-state index contributed by atoms with van der Waals surface area (Å²) >= 11 is 0. The van der Waals surface area contributed by atoms with Crippen molar-refractivity contribution in [1.82, 2.24) is 20.0 Å². The number of hydrogen-bond donors (Lipinski definition) is 1. The van der Waals surface area contributed by atoms with Crippen molar-refractivity contribution in [2.45, 2.75) is 26.5 Å². The molecule has 2 aromatic heterocycles. The van der Waals surface area contributed by atoms with E-state index in [9.17, 15) is 9.59 Å². The molecule has 0 aliphatic carbocycles. The van der Waals surface area contributed by atoms with Gasteiger partial charge in [0.15, 0.2) is 5.69 Å². The second-order valence-corrected chi connectivity index (χ2v) is 7.19. The van der Waals surface area contributed by atoms with Gasteiger partial charge in [-0.1, -0.05) is 18.2 Å². The van der Waals surface area contributed by atoms with E-state index >= 15 is 0 Å². The summed E-state index contributed by atoms with van der Waals surface area (Å²) in [5, 5.41) is 8.03. The summed E-state index contributed by atoms with van der Waals surface area (Å²) in [4.78, 5) is 28.0. The molecule has 1 saturated heterocycles. The molecule has 1 amide bonds. The van der Waals surface area contributed by atoms with E-state index in [0.717, 1.165) is 36.2 Å². The molecule has 3 heterocycles. The van der Waals surface area contributed by atoms with Crippen molar-refractivity contribution in [3.8, 4) is 0 Å². The maximum absolute atomic E-state index is 13.0. The molecule has 1 aliphatic rings. The smallest absolute Gasteiger partial charge is 0.303 e. The van der Waals surface area contributed by atoms with Gasteiger partial charge < -0.3 is 14.1 Å². The van der Waals surface area contributed by atoms with Gasteiger partial charge in [0.05, 0.1) is 12.1 Å². The first kappa shape index (κ1) is 19.2. The van der Waals surface area contributed by atoms with E-state index in [1.165, 1.54) is 6.92 Å². The molecule has 4 rings (SSSR count). The van der Waals surface area contributed by atoms with Gasteiger partial charge >= 0.3 is 5.97 Å². The number of fused-ring (bicyclic) bond motifs is 1. The standard InChI is InChI=1S/C21H24N4O4/c1-15(26)28-14-17-8-7-16(29-17)13-24-9-4-10-25(12-11-24)21(27)20-18-5-2-3-6-19(18)22-23-20/h2-3,5-8H,4,9-14H2,1H3,(H,22,23). The summed E-state index contributed by atoms with van der Waals surface area (Å²) in [6, 6.07) is 11.4. The van der Waals surface area contributed by atoms with Crippen LogP contribution in [-0.2, 0) is 22.7 Å². The molecule has 1 N–H and O–H groups in total. The lowest BCUT2D eigenvalue weighted by molar-refractivity contribution is -0.142. The van der Waals surface area contributed by atoms with Gasteiger partial charge in [-0.2, -0.15) is 5.10 Å². The van der Waals surface area contributed by atoms with Crippen LogP contribution in [-0.4, -0.2) is 58.1 Å². The number of carbonyl (C=O) groups is 2. The molecule has 0 atom stereocenters. The van der Waals surface area contributed by atoms with Crippen LogP contribution in [0.2, 0.25) is 0 Å². The molecule has 1 fully saturated rings. The van der Waals surface area contributed by atoms with Crippen LogP contribution < -0.4 is 0 Å². The van der Waals surface area contributed by atoms with Crippen LogP contribution in [0.25, 0.3) is 10.9 Å². The van der Waals surface area contributed by atoms with Crippen LogP contribution in [0.3, 0.4) is 0 Å². The zero-order valence-electron chi connectivity index (χ0n) is 16.4. The lowest BCUT2D eigenvalue weighted by Gasteiger charge is -2.21. The van der Waals surface area contributed by atoms with Crippen molar-refractivity contribution < 1.29 is 18.7 Å². The van der Waals surface area contributed by atoms with Gasteiger partial charge in [0.2, 0.25) is 0 Å². The fraction of sp³-hybridized carbons (Fsp3) is 0.381. The van der Waals surface area contributed by atoms with Crippen LogP contribution in [0.5, 0.6) is 0 Å². The third-order valence-electron chi connectivity index (χ3n) is 5.06. The number of furan rings is 1. The maximum Gasteiger partial charge on any atom is 0.303 e. The minimum Gasteiger partial charge on any atom is -0.461 e. The molecule has 1 aliphatic heterocycles. The van der Waals surface area contributed by atoms with Gasteiger partial charge in [-0.25, -0.2) is 0 Å². The Bertz CT molecular complexity index is 1010. The summed E-state index contributed by atoms with van der Waals surface area (Å²) in [7, 11) is 0. The SMILES string of the molecule is CC(=O)OCc1ccc(CN2CCCN(C(=O)c3n[nH]c4ccccc34)CC2)o1. The van der Waals surface area contributed by atoms with Crippen LogP contribution in [0.15, 0.2) is 40.8 Å². The van der Waals surface area contributed by atoms with Crippen LogP contribution in [0.4, 0.5) is 0 Å². The van der Waals surface area contributed by atoms with E-state index in [2.05, 4.69) is 15.1 Å². The van der Waals surface area contributed by atoms with Gasteiger partial charge in [-0.15, -0.1) is 0 Å². The Morgan fingerprint density at radius 3 is 2.79 bits per heavy atom. The fourth-order valence-electron chi connectivity index (χ4n) is 3.59. The molecular weight excluding hydrogens is 372 g/mol. The van der Waals surface area contributed by atoms with E-state index in [-0.39, 0.29) is 18.5 Å². The molecule has 8 nitrogen and oxygen atoms in total. The highest BCUT2D eigenvalue weighted by molar-refractivity contribution is 6.04. The number of carbonyl (C=O) groups excluding carboxylic acids is 2. The summed E-state index contributed by atoms with van der Waals surface area (Å²) in [5.74, 6) is 1.09. The van der Waals surface area contributed by atoms with Crippen molar-refractivity contribution in [1.29, 1.82) is 0 Å². The first-order chi connectivity index (χ1) is 14.1. The van der Waals surface area contributed by atoms with Gasteiger partial charge in [0.25, 0.3) is 5.91 Å². The van der Waals surface area contributed by atoms with E-state index in [4.69, 9.17) is 9.15 Å². The Morgan fingerprint density at radius 2 is 1.93 bits per heavy atom. The van der Waals surface area contributed by atoms with Gasteiger partial charge in [-0.05, 0) is 24.6 Å². The number of rotatable bonds is 5. The number of benzene rings is 1. The number of H-pyrrole nitrogens is 1. The average molecular weight is 396 g/mol. The second kappa shape index (κ2) is 8.48. The largest absolute Gasteiger partial charge is 0.461 e. The maximum atomic E-state index is 13.0. The molecule has 0 unspecified atom stereocenters. The zero-order valence-corrected chi connectivity index (χ0v) is 16.4. The van der Waals surface area contributed by atoms with Crippen molar-refractivity contribution in [2.75, 3.05) is 26.2 Å². The topological polar surface area (TPSA) is 91.7 Å². The molecule has 0 radical (unpaired) electrons. The van der Waals surface area contributed by atoms with Crippen LogP contribution in [0, 0.1) is 0 Å². The number of aromatic amines is 1. The Hall–Kier alpha value is -3.13. The molecule has 0 bridgehead atoms. The van der Waals surface area contributed by atoms with Crippen LogP contribution in [0.1, 0.15) is 35.4 Å². The highest BCUT2D eigenvalue weighted by atomic mass is 16.5. The van der Waals surface area contributed by atoms with Crippen molar-refractivity contribution in [3.63, 3.8) is 0 Å². The summed E-state index contributed by atoms with van der Waals surface area (Å²) in [6.45, 7) is 5.16. The molecule has 0 spiro atoms. The minimum atomic E-state index is -0.329. The zero-order chi connectivity index (χ0) is 20.2. The van der Waals surface area contributed by atoms with Crippen molar-refractivity contribution in [2.24, 2.45) is 0 Å². The second-order valence-electron chi connectivity index (χ2n) is 7.19. The number of ether oxygens (including phenoxy) is 1. The third-order valence-corrected chi connectivity index (χ3v) is 5.06.